The third kappa shape index (κ3) is 2.60. The van der Waals surface area contributed by atoms with Crippen molar-refractivity contribution in [3.05, 3.63) is 30.3 Å². The fourth-order valence-corrected chi connectivity index (χ4v) is 3.11. The second-order valence-electron chi connectivity index (χ2n) is 4.55. The van der Waals surface area contributed by atoms with Crippen LogP contribution in [0.5, 0.6) is 0 Å². The molecule has 1 fully saturated rings. The molecule has 1 aromatic carbocycles. The van der Waals surface area contributed by atoms with Gasteiger partial charge in [-0.15, -0.1) is 11.8 Å². The third-order valence-electron chi connectivity index (χ3n) is 3.13. The maximum absolute atomic E-state index is 5.75. The number of hydrogen-bond donors (Lipinski definition) is 1. The second-order valence-corrected chi connectivity index (χ2v) is 5.59. The fraction of sp³-hybridized carbons (Fsp3) is 0.357. The number of nitrogen functional groups attached to an aromatic ring is 1. The van der Waals surface area contributed by atoms with E-state index in [9.17, 15) is 0 Å². The smallest absolute Gasteiger partial charge is 0.0968 e. The first-order chi connectivity index (χ1) is 8.81. The summed E-state index contributed by atoms with van der Waals surface area (Å²) in [5.41, 5.74) is 7.54. The van der Waals surface area contributed by atoms with E-state index >= 15 is 0 Å². The summed E-state index contributed by atoms with van der Waals surface area (Å²) >= 11 is 1.77. The molecule has 0 amide bonds. The lowest BCUT2D eigenvalue weighted by Gasteiger charge is -2.08. The molecule has 0 saturated carbocycles. The number of anilines is 1. The average molecular weight is 260 g/mol. The van der Waals surface area contributed by atoms with Crippen molar-refractivity contribution in [1.29, 1.82) is 0 Å². The predicted octanol–water partition coefficient (Wildman–Crippen LogP) is 3.09. The standard InChI is InChI=1S/C14H16N2OS/c15-11-4-5-13-10(8-11)3-6-14(16-13)18-9-12-2-1-7-17-12/h3-6,8,12H,1-2,7,9,15H2. The van der Waals surface area contributed by atoms with Crippen LogP contribution in [0.2, 0.25) is 0 Å². The topological polar surface area (TPSA) is 48.1 Å². The van der Waals surface area contributed by atoms with Gasteiger partial charge in [0.15, 0.2) is 0 Å². The van der Waals surface area contributed by atoms with Gasteiger partial charge in [-0.05, 0) is 37.1 Å². The Labute approximate surface area is 111 Å². The van der Waals surface area contributed by atoms with E-state index in [1.807, 2.05) is 18.2 Å². The zero-order valence-electron chi connectivity index (χ0n) is 10.1. The van der Waals surface area contributed by atoms with E-state index in [0.717, 1.165) is 34.0 Å². The molecule has 0 bridgehead atoms. The molecule has 1 saturated heterocycles. The highest BCUT2D eigenvalue weighted by molar-refractivity contribution is 7.99. The van der Waals surface area contributed by atoms with Crippen molar-refractivity contribution in [2.45, 2.75) is 24.0 Å². The minimum atomic E-state index is 0.402. The predicted molar refractivity (Wildman–Crippen MR) is 75.9 cm³/mol. The molecule has 3 rings (SSSR count). The molecule has 18 heavy (non-hydrogen) atoms. The van der Waals surface area contributed by atoms with Crippen LogP contribution < -0.4 is 5.73 Å². The van der Waals surface area contributed by atoms with Gasteiger partial charge in [0.2, 0.25) is 0 Å². The highest BCUT2D eigenvalue weighted by Gasteiger charge is 2.15. The molecule has 0 radical (unpaired) electrons. The van der Waals surface area contributed by atoms with Crippen molar-refractivity contribution in [3.8, 4) is 0 Å². The monoisotopic (exact) mass is 260 g/mol. The number of pyridine rings is 1. The summed E-state index contributed by atoms with van der Waals surface area (Å²) in [6.45, 7) is 0.912. The van der Waals surface area contributed by atoms with Crippen LogP contribution in [0.1, 0.15) is 12.8 Å². The van der Waals surface area contributed by atoms with Gasteiger partial charge < -0.3 is 10.5 Å². The van der Waals surface area contributed by atoms with E-state index in [4.69, 9.17) is 10.5 Å². The van der Waals surface area contributed by atoms with E-state index in [0.29, 0.717) is 6.10 Å². The summed E-state index contributed by atoms with van der Waals surface area (Å²) < 4.78 is 5.61. The molecule has 2 aromatic rings. The molecule has 1 aliphatic heterocycles. The van der Waals surface area contributed by atoms with Crippen molar-refractivity contribution >= 4 is 28.4 Å². The SMILES string of the molecule is Nc1ccc2nc(SCC3CCCO3)ccc2c1. The van der Waals surface area contributed by atoms with Crippen LogP contribution in [0.15, 0.2) is 35.4 Å². The molecule has 1 aliphatic rings. The average Bonchev–Trinajstić information content (AvgIpc) is 2.89. The van der Waals surface area contributed by atoms with Gasteiger partial charge in [0.05, 0.1) is 16.6 Å². The summed E-state index contributed by atoms with van der Waals surface area (Å²) in [4.78, 5) is 4.63. The van der Waals surface area contributed by atoms with Gasteiger partial charge in [0.25, 0.3) is 0 Å². The number of fused-ring (bicyclic) bond motifs is 1. The van der Waals surface area contributed by atoms with Crippen molar-refractivity contribution in [2.75, 3.05) is 18.1 Å². The number of nitrogens with zero attached hydrogens (tertiary/aromatic N) is 1. The van der Waals surface area contributed by atoms with Crippen LogP contribution in [0.25, 0.3) is 10.9 Å². The van der Waals surface area contributed by atoms with Gasteiger partial charge in [0.1, 0.15) is 0 Å². The van der Waals surface area contributed by atoms with E-state index in [2.05, 4.69) is 17.1 Å². The molecule has 4 heteroatoms. The molecular weight excluding hydrogens is 244 g/mol. The molecular formula is C14H16N2OS. The number of nitrogens with two attached hydrogens (primary N) is 1. The van der Waals surface area contributed by atoms with Gasteiger partial charge in [-0.3, -0.25) is 0 Å². The van der Waals surface area contributed by atoms with E-state index < -0.39 is 0 Å². The molecule has 1 unspecified atom stereocenters. The largest absolute Gasteiger partial charge is 0.399 e. The quantitative estimate of drug-likeness (QED) is 0.680. The van der Waals surface area contributed by atoms with Crippen molar-refractivity contribution in [2.24, 2.45) is 0 Å². The van der Waals surface area contributed by atoms with Crippen LogP contribution in [0, 0.1) is 0 Å². The molecule has 94 valence electrons. The summed E-state index contributed by atoms with van der Waals surface area (Å²) in [7, 11) is 0. The van der Waals surface area contributed by atoms with Gasteiger partial charge >= 0.3 is 0 Å². The maximum atomic E-state index is 5.75. The first kappa shape index (κ1) is 11.8. The number of thioether (sulfide) groups is 1. The molecule has 2 N–H and O–H groups in total. The number of rotatable bonds is 3. The van der Waals surface area contributed by atoms with Gasteiger partial charge in [-0.2, -0.15) is 0 Å². The van der Waals surface area contributed by atoms with Crippen molar-refractivity contribution in [3.63, 3.8) is 0 Å². The summed E-state index contributed by atoms with van der Waals surface area (Å²) in [5, 5.41) is 2.15. The lowest BCUT2D eigenvalue weighted by atomic mass is 10.2. The van der Waals surface area contributed by atoms with Gasteiger partial charge in [0, 0.05) is 23.4 Å². The maximum Gasteiger partial charge on any atom is 0.0968 e. The number of aromatic nitrogens is 1. The van der Waals surface area contributed by atoms with Crippen LogP contribution in [0.4, 0.5) is 5.69 Å². The Morgan fingerprint density at radius 1 is 1.33 bits per heavy atom. The Morgan fingerprint density at radius 2 is 2.28 bits per heavy atom. The minimum Gasteiger partial charge on any atom is -0.399 e. The van der Waals surface area contributed by atoms with Crippen LogP contribution in [0.3, 0.4) is 0 Å². The Hall–Kier alpha value is -1.26. The summed E-state index contributed by atoms with van der Waals surface area (Å²) in [6.07, 6.45) is 2.77. The molecule has 1 aromatic heterocycles. The van der Waals surface area contributed by atoms with E-state index in [-0.39, 0.29) is 0 Å². The lowest BCUT2D eigenvalue weighted by molar-refractivity contribution is 0.129. The Kier molecular flexibility index (Phi) is 3.39. The van der Waals surface area contributed by atoms with Crippen LogP contribution >= 0.6 is 11.8 Å². The number of ether oxygens (including phenoxy) is 1. The zero-order valence-corrected chi connectivity index (χ0v) is 11.0. The molecule has 2 heterocycles. The molecule has 1 atom stereocenters. The Bertz CT molecular complexity index is 552. The molecule has 0 spiro atoms. The van der Waals surface area contributed by atoms with Crippen molar-refractivity contribution < 1.29 is 4.74 Å². The minimum absolute atomic E-state index is 0.402. The second kappa shape index (κ2) is 5.16. The summed E-state index contributed by atoms with van der Waals surface area (Å²) in [5.74, 6) is 0.994. The fourth-order valence-electron chi connectivity index (χ4n) is 2.16. The van der Waals surface area contributed by atoms with E-state index in [1.54, 1.807) is 11.8 Å². The zero-order chi connectivity index (χ0) is 12.4. The normalized spacial score (nSPS) is 19.4. The highest BCUT2D eigenvalue weighted by Crippen LogP contribution is 2.25. The van der Waals surface area contributed by atoms with Gasteiger partial charge in [-0.25, -0.2) is 4.98 Å². The molecule has 0 aliphatic carbocycles. The number of benzene rings is 1. The Balaban J connectivity index is 1.74. The highest BCUT2D eigenvalue weighted by atomic mass is 32.2. The van der Waals surface area contributed by atoms with Crippen LogP contribution in [-0.4, -0.2) is 23.4 Å². The first-order valence-electron chi connectivity index (χ1n) is 6.22. The third-order valence-corrected chi connectivity index (χ3v) is 4.19. The van der Waals surface area contributed by atoms with Gasteiger partial charge in [-0.1, -0.05) is 6.07 Å². The lowest BCUT2D eigenvalue weighted by Crippen LogP contribution is -2.07. The summed E-state index contributed by atoms with van der Waals surface area (Å²) in [6, 6.07) is 9.96. The number of hydrogen-bond acceptors (Lipinski definition) is 4. The van der Waals surface area contributed by atoms with E-state index in [1.165, 1.54) is 12.8 Å². The van der Waals surface area contributed by atoms with Crippen molar-refractivity contribution in [1.82, 2.24) is 4.98 Å². The molecule has 3 nitrogen and oxygen atoms in total. The Morgan fingerprint density at radius 3 is 3.11 bits per heavy atom. The first-order valence-corrected chi connectivity index (χ1v) is 7.20. The van der Waals surface area contributed by atoms with Crippen LogP contribution in [-0.2, 0) is 4.74 Å².